The number of nitrogens with one attached hydrogen (secondary N) is 1. The summed E-state index contributed by atoms with van der Waals surface area (Å²) in [6, 6.07) is 19.2. The number of carbonyl (C=O) groups is 2. The fourth-order valence-electron chi connectivity index (χ4n) is 5.78. The summed E-state index contributed by atoms with van der Waals surface area (Å²) in [4.78, 5) is 29.7. The number of nitrogens with zero attached hydrogens (tertiary/aromatic N) is 2. The highest BCUT2D eigenvalue weighted by atomic mass is 35.5. The molecule has 1 aliphatic carbocycles. The standard InChI is InChI=1S/C34H40Cl3N3O4S/c1-24-28(35)15-9-16-31(24)40(45(2,43)44)20-10-17-33(41)39(23-26-18-19-29(36)30(37)21-26)32(22-25-11-5-3-6-12-25)34(42)38-27-13-7-4-8-14-27/h3,5-6,9,11-12,15-16,18-19,21,27,32H,4,7-8,10,13-14,17,20,22-23H2,1-2H3,(H,38,42). The highest BCUT2D eigenvalue weighted by Crippen LogP contribution is 2.29. The van der Waals surface area contributed by atoms with Crippen LogP contribution < -0.4 is 9.62 Å². The second-order valence-corrected chi connectivity index (χ2v) is 14.8. The first-order chi connectivity index (χ1) is 21.4. The summed E-state index contributed by atoms with van der Waals surface area (Å²) in [7, 11) is -3.66. The molecule has 3 aromatic carbocycles. The van der Waals surface area contributed by atoms with Gasteiger partial charge < -0.3 is 10.2 Å². The van der Waals surface area contributed by atoms with E-state index in [2.05, 4.69) is 5.32 Å². The van der Waals surface area contributed by atoms with E-state index in [1.165, 1.54) is 4.31 Å². The zero-order valence-corrected chi connectivity index (χ0v) is 28.7. The fraction of sp³-hybridized carbons (Fsp3) is 0.412. The van der Waals surface area contributed by atoms with E-state index in [9.17, 15) is 18.0 Å². The predicted molar refractivity (Wildman–Crippen MR) is 184 cm³/mol. The van der Waals surface area contributed by atoms with E-state index in [-0.39, 0.29) is 43.8 Å². The number of carbonyl (C=O) groups excluding carboxylic acids is 2. The number of sulfonamides is 1. The molecule has 1 saturated carbocycles. The van der Waals surface area contributed by atoms with Crippen molar-refractivity contribution in [1.29, 1.82) is 0 Å². The minimum atomic E-state index is -3.66. The lowest BCUT2D eigenvalue weighted by Gasteiger charge is -2.34. The Morgan fingerprint density at radius 1 is 0.889 bits per heavy atom. The Balaban J connectivity index is 1.62. The van der Waals surface area contributed by atoms with Crippen LogP contribution in [0.2, 0.25) is 15.1 Å². The van der Waals surface area contributed by atoms with Gasteiger partial charge >= 0.3 is 0 Å². The Labute approximate surface area is 281 Å². The van der Waals surface area contributed by atoms with Crippen LogP contribution in [0.5, 0.6) is 0 Å². The lowest BCUT2D eigenvalue weighted by Crippen LogP contribution is -2.53. The molecule has 242 valence electrons. The molecular weight excluding hydrogens is 653 g/mol. The van der Waals surface area contributed by atoms with Crippen LogP contribution in [-0.2, 0) is 32.6 Å². The summed E-state index contributed by atoms with van der Waals surface area (Å²) in [6.07, 6.45) is 6.81. The Morgan fingerprint density at radius 3 is 2.27 bits per heavy atom. The van der Waals surface area contributed by atoms with Crippen LogP contribution in [-0.4, -0.2) is 50.0 Å². The SMILES string of the molecule is Cc1c(Cl)cccc1N(CCCC(=O)N(Cc1ccc(Cl)c(Cl)c1)C(Cc1ccccc1)C(=O)NC1CCCCC1)S(C)(=O)=O. The van der Waals surface area contributed by atoms with Crippen molar-refractivity contribution < 1.29 is 18.0 Å². The van der Waals surface area contributed by atoms with Gasteiger partial charge in [0.2, 0.25) is 21.8 Å². The highest BCUT2D eigenvalue weighted by Gasteiger charge is 2.32. The summed E-state index contributed by atoms with van der Waals surface area (Å²) >= 11 is 18.8. The van der Waals surface area contributed by atoms with E-state index in [4.69, 9.17) is 34.8 Å². The topological polar surface area (TPSA) is 86.8 Å². The van der Waals surface area contributed by atoms with Crippen LogP contribution in [0, 0.1) is 6.92 Å². The number of hydrogen-bond donors (Lipinski definition) is 1. The largest absolute Gasteiger partial charge is 0.352 e. The zero-order chi connectivity index (χ0) is 32.6. The number of amides is 2. The molecule has 11 heteroatoms. The maximum atomic E-state index is 14.1. The van der Waals surface area contributed by atoms with Gasteiger partial charge in [0.15, 0.2) is 0 Å². The lowest BCUT2D eigenvalue weighted by molar-refractivity contribution is -0.141. The van der Waals surface area contributed by atoms with Gasteiger partial charge in [0, 0.05) is 37.0 Å². The van der Waals surface area contributed by atoms with Gasteiger partial charge in [-0.1, -0.05) is 96.5 Å². The Morgan fingerprint density at radius 2 is 1.60 bits per heavy atom. The van der Waals surface area contributed by atoms with Crippen molar-refractivity contribution in [2.45, 2.75) is 76.9 Å². The molecule has 0 saturated heterocycles. The maximum Gasteiger partial charge on any atom is 0.243 e. The van der Waals surface area contributed by atoms with Gasteiger partial charge in [-0.25, -0.2) is 8.42 Å². The molecule has 0 aliphatic heterocycles. The molecule has 3 aromatic rings. The Kier molecular flexibility index (Phi) is 12.6. The number of rotatable bonds is 13. The Bertz CT molecular complexity index is 1580. The van der Waals surface area contributed by atoms with E-state index >= 15 is 0 Å². The monoisotopic (exact) mass is 691 g/mol. The lowest BCUT2D eigenvalue weighted by atomic mass is 9.94. The zero-order valence-electron chi connectivity index (χ0n) is 25.6. The van der Waals surface area contributed by atoms with Crippen LogP contribution in [0.4, 0.5) is 5.69 Å². The van der Waals surface area contributed by atoms with Crippen molar-refractivity contribution in [3.8, 4) is 0 Å². The predicted octanol–water partition coefficient (Wildman–Crippen LogP) is 7.59. The first kappa shape index (κ1) is 35.1. The van der Waals surface area contributed by atoms with E-state index < -0.39 is 16.1 Å². The molecule has 1 atom stereocenters. The second kappa shape index (κ2) is 16.2. The van der Waals surface area contributed by atoms with Crippen LogP contribution in [0.15, 0.2) is 66.7 Å². The third-order valence-electron chi connectivity index (χ3n) is 8.22. The van der Waals surface area contributed by atoms with E-state index in [1.807, 2.05) is 30.3 Å². The summed E-state index contributed by atoms with van der Waals surface area (Å²) in [6.45, 7) is 1.97. The smallest absolute Gasteiger partial charge is 0.243 e. The van der Waals surface area contributed by atoms with E-state index in [1.54, 1.807) is 48.2 Å². The summed E-state index contributed by atoms with van der Waals surface area (Å²) < 4.78 is 26.9. The van der Waals surface area contributed by atoms with Gasteiger partial charge in [-0.3, -0.25) is 13.9 Å². The van der Waals surface area contributed by atoms with Crippen molar-refractivity contribution in [2.75, 3.05) is 17.1 Å². The third-order valence-corrected chi connectivity index (χ3v) is 10.5. The molecule has 1 aliphatic rings. The molecular formula is C34H40Cl3N3O4S. The van der Waals surface area contributed by atoms with Gasteiger partial charge in [-0.2, -0.15) is 0 Å². The van der Waals surface area contributed by atoms with Crippen molar-refractivity contribution >= 4 is 62.3 Å². The summed E-state index contributed by atoms with van der Waals surface area (Å²) in [5.41, 5.74) is 2.76. The first-order valence-electron chi connectivity index (χ1n) is 15.2. The van der Waals surface area contributed by atoms with Crippen molar-refractivity contribution in [3.63, 3.8) is 0 Å². The number of hydrogen-bond acceptors (Lipinski definition) is 4. The fourth-order valence-corrected chi connectivity index (χ4v) is 7.29. The maximum absolute atomic E-state index is 14.1. The van der Waals surface area contributed by atoms with Crippen molar-refractivity contribution in [1.82, 2.24) is 10.2 Å². The van der Waals surface area contributed by atoms with Crippen molar-refractivity contribution in [2.24, 2.45) is 0 Å². The van der Waals surface area contributed by atoms with Gasteiger partial charge in [-0.15, -0.1) is 0 Å². The van der Waals surface area contributed by atoms with Gasteiger partial charge in [0.25, 0.3) is 0 Å². The molecule has 4 rings (SSSR count). The molecule has 0 heterocycles. The summed E-state index contributed by atoms with van der Waals surface area (Å²) in [5.74, 6) is -0.469. The molecule has 7 nitrogen and oxygen atoms in total. The molecule has 0 radical (unpaired) electrons. The molecule has 0 spiro atoms. The van der Waals surface area contributed by atoms with Crippen molar-refractivity contribution in [3.05, 3.63) is 98.5 Å². The van der Waals surface area contributed by atoms with Crippen LogP contribution >= 0.6 is 34.8 Å². The van der Waals surface area contributed by atoms with Gasteiger partial charge in [-0.05, 0) is 67.1 Å². The van der Waals surface area contributed by atoms with Gasteiger partial charge in [0.05, 0.1) is 22.0 Å². The third kappa shape index (κ3) is 9.85. The quantitative estimate of drug-likeness (QED) is 0.200. The molecule has 2 amide bonds. The number of anilines is 1. The van der Waals surface area contributed by atoms with Gasteiger partial charge in [0.1, 0.15) is 6.04 Å². The van der Waals surface area contributed by atoms with Crippen LogP contribution in [0.1, 0.15) is 61.6 Å². The average Bonchev–Trinajstić information content (AvgIpc) is 3.01. The van der Waals surface area contributed by atoms with Crippen LogP contribution in [0.3, 0.4) is 0 Å². The highest BCUT2D eigenvalue weighted by molar-refractivity contribution is 7.92. The summed E-state index contributed by atoms with van der Waals surface area (Å²) in [5, 5.41) is 4.43. The number of benzene rings is 3. The minimum absolute atomic E-state index is 0.0228. The first-order valence-corrected chi connectivity index (χ1v) is 18.2. The normalized spacial score (nSPS) is 14.5. The molecule has 1 N–H and O–H groups in total. The van der Waals surface area contributed by atoms with Crippen LogP contribution in [0.25, 0.3) is 0 Å². The van der Waals surface area contributed by atoms with E-state index in [0.717, 1.165) is 49.5 Å². The molecule has 0 aromatic heterocycles. The second-order valence-electron chi connectivity index (χ2n) is 11.6. The molecule has 1 unspecified atom stereocenters. The molecule has 0 bridgehead atoms. The Hall–Kier alpha value is -2.78. The molecule has 1 fully saturated rings. The average molecular weight is 693 g/mol. The number of halogens is 3. The van der Waals surface area contributed by atoms with E-state index in [0.29, 0.717) is 32.7 Å². The minimum Gasteiger partial charge on any atom is -0.352 e. The molecule has 45 heavy (non-hydrogen) atoms.